The van der Waals surface area contributed by atoms with E-state index in [0.717, 1.165) is 11.3 Å². The lowest BCUT2D eigenvalue weighted by atomic mass is 10.3. The van der Waals surface area contributed by atoms with Crippen LogP contribution < -0.4 is 9.46 Å². The second-order valence-corrected chi connectivity index (χ2v) is 6.34. The third kappa shape index (κ3) is 2.97. The van der Waals surface area contributed by atoms with Gasteiger partial charge in [-0.05, 0) is 17.9 Å². The Morgan fingerprint density at radius 2 is 2.14 bits per heavy atom. The third-order valence-corrected chi connectivity index (χ3v) is 5.17. The van der Waals surface area contributed by atoms with Crippen LogP contribution in [0, 0.1) is 6.92 Å². The quantitative estimate of drug-likeness (QED) is 0.775. The van der Waals surface area contributed by atoms with E-state index in [1.54, 1.807) is 12.3 Å². The predicted molar refractivity (Wildman–Crippen MR) is 74.1 cm³/mol. The van der Waals surface area contributed by atoms with Crippen molar-refractivity contribution in [2.45, 2.75) is 11.8 Å². The molecule has 2 rings (SSSR count). The number of ether oxygens (including phenoxy) is 2. The maximum absolute atomic E-state index is 12.4. The first-order valence-corrected chi connectivity index (χ1v) is 7.91. The molecule has 0 atom stereocenters. The maximum atomic E-state index is 12.4. The number of aromatic nitrogens is 3. The molecule has 0 saturated heterocycles. The van der Waals surface area contributed by atoms with Gasteiger partial charge in [-0.3, -0.25) is 0 Å². The summed E-state index contributed by atoms with van der Waals surface area (Å²) in [5, 5.41) is 7.55. The van der Waals surface area contributed by atoms with Crippen molar-refractivity contribution in [1.29, 1.82) is 0 Å². The number of aryl methyl sites for hydroxylation is 1. The van der Waals surface area contributed by atoms with Crippen LogP contribution in [0.3, 0.4) is 0 Å². The van der Waals surface area contributed by atoms with E-state index in [-0.39, 0.29) is 21.7 Å². The molecule has 0 aliphatic rings. The number of hydrogen-bond donors (Lipinski definition) is 2. The van der Waals surface area contributed by atoms with Crippen molar-refractivity contribution in [3.63, 3.8) is 0 Å². The summed E-state index contributed by atoms with van der Waals surface area (Å²) in [5.41, 5.74) is 0.430. The Labute approximate surface area is 124 Å². The summed E-state index contributed by atoms with van der Waals surface area (Å²) in [6.45, 7) is 1.58. The zero-order chi connectivity index (χ0) is 15.6. The highest BCUT2D eigenvalue weighted by atomic mass is 32.2. The number of carbonyl (C=O) groups excluding carboxylic acids is 1. The lowest BCUT2D eigenvalue weighted by molar-refractivity contribution is 0.0602. The molecule has 2 N–H and O–H groups in total. The van der Waals surface area contributed by atoms with Crippen LogP contribution in [0.2, 0.25) is 0 Å². The summed E-state index contributed by atoms with van der Waals surface area (Å²) in [6, 6.07) is -0.0112. The lowest BCUT2D eigenvalue weighted by Gasteiger charge is -2.06. The minimum atomic E-state index is -4.01. The fourth-order valence-corrected chi connectivity index (χ4v) is 4.23. The Hall–Kier alpha value is -2.14. The van der Waals surface area contributed by atoms with Gasteiger partial charge in [0.05, 0.1) is 14.2 Å². The van der Waals surface area contributed by atoms with Crippen LogP contribution in [0.5, 0.6) is 6.01 Å². The smallest absolute Gasteiger partial charge is 0.349 e. The van der Waals surface area contributed by atoms with Crippen molar-refractivity contribution < 1.29 is 22.7 Å². The summed E-state index contributed by atoms with van der Waals surface area (Å²) in [7, 11) is -1.48. The van der Waals surface area contributed by atoms with Crippen molar-refractivity contribution in [3.8, 4) is 6.01 Å². The van der Waals surface area contributed by atoms with Crippen LogP contribution in [0.1, 0.15) is 15.2 Å². The highest BCUT2D eigenvalue weighted by Gasteiger charge is 2.28. The Kier molecular flexibility index (Phi) is 4.14. The van der Waals surface area contributed by atoms with Gasteiger partial charge in [-0.15, -0.1) is 16.4 Å². The molecule has 2 aromatic heterocycles. The average molecular weight is 332 g/mol. The Balaban J connectivity index is 2.40. The molecule has 0 radical (unpaired) electrons. The monoisotopic (exact) mass is 332 g/mol. The van der Waals surface area contributed by atoms with Gasteiger partial charge in [0, 0.05) is 0 Å². The number of sulfonamides is 1. The Morgan fingerprint density at radius 1 is 1.43 bits per heavy atom. The molecule has 0 bridgehead atoms. The largest absolute Gasteiger partial charge is 0.466 e. The van der Waals surface area contributed by atoms with E-state index in [2.05, 4.69) is 24.6 Å². The number of anilines is 1. The topological polar surface area (TPSA) is 123 Å². The van der Waals surface area contributed by atoms with Crippen molar-refractivity contribution in [2.24, 2.45) is 0 Å². The number of nitrogens with one attached hydrogen (secondary N) is 2. The highest BCUT2D eigenvalue weighted by molar-refractivity contribution is 7.93. The van der Waals surface area contributed by atoms with E-state index in [4.69, 9.17) is 4.74 Å². The standard InChI is InChI=1S/C10H12N4O5S2/c1-5-4-20-6(8(15)18-2)7(5)21(16,17)14-9-11-10(19-3)13-12-9/h4H,1-3H3,(H2,11,12,13,14). The number of thiophene rings is 1. The van der Waals surface area contributed by atoms with Crippen molar-refractivity contribution in [2.75, 3.05) is 18.9 Å². The SMILES string of the molecule is COC(=O)c1scc(C)c1S(=O)(=O)Nc1nc(OC)n[nH]1. The van der Waals surface area contributed by atoms with E-state index < -0.39 is 16.0 Å². The maximum Gasteiger partial charge on any atom is 0.349 e. The minimum absolute atomic E-state index is 0.00557. The molecule has 0 spiro atoms. The van der Waals surface area contributed by atoms with E-state index in [1.807, 2.05) is 0 Å². The van der Waals surface area contributed by atoms with Gasteiger partial charge in [-0.25, -0.2) is 23.0 Å². The second kappa shape index (κ2) is 5.69. The van der Waals surface area contributed by atoms with Crippen LogP contribution >= 0.6 is 11.3 Å². The molecular weight excluding hydrogens is 320 g/mol. The zero-order valence-corrected chi connectivity index (χ0v) is 13.0. The molecule has 0 unspecified atom stereocenters. The van der Waals surface area contributed by atoms with Gasteiger partial charge in [0.2, 0.25) is 5.95 Å². The fourth-order valence-electron chi connectivity index (χ4n) is 1.56. The number of nitrogens with zero attached hydrogens (tertiary/aromatic N) is 2. The van der Waals surface area contributed by atoms with E-state index in [1.165, 1.54) is 14.2 Å². The number of carbonyl (C=O) groups is 1. The molecule has 2 aromatic rings. The zero-order valence-electron chi connectivity index (χ0n) is 11.3. The van der Waals surface area contributed by atoms with Gasteiger partial charge >= 0.3 is 12.0 Å². The van der Waals surface area contributed by atoms with Crippen LogP contribution in [0.25, 0.3) is 0 Å². The summed E-state index contributed by atoms with van der Waals surface area (Å²) in [6.07, 6.45) is 0. The first-order valence-electron chi connectivity index (χ1n) is 5.54. The molecule has 0 aliphatic carbocycles. The minimum Gasteiger partial charge on any atom is -0.466 e. The van der Waals surface area contributed by atoms with Crippen LogP contribution in [0.4, 0.5) is 5.95 Å². The number of aromatic amines is 1. The van der Waals surface area contributed by atoms with Gasteiger partial charge in [-0.1, -0.05) is 0 Å². The van der Waals surface area contributed by atoms with E-state index >= 15 is 0 Å². The van der Waals surface area contributed by atoms with Gasteiger partial charge in [0.1, 0.15) is 9.77 Å². The molecule has 11 heteroatoms. The second-order valence-electron chi connectivity index (χ2n) is 3.84. The van der Waals surface area contributed by atoms with E-state index in [9.17, 15) is 13.2 Å². The number of hydrogen-bond acceptors (Lipinski definition) is 8. The van der Waals surface area contributed by atoms with Gasteiger partial charge in [0.15, 0.2) is 0 Å². The molecule has 0 amide bonds. The number of H-pyrrole nitrogens is 1. The number of esters is 1. The summed E-state index contributed by atoms with van der Waals surface area (Å²) < 4.78 is 36.3. The molecule has 2 heterocycles. The third-order valence-electron chi connectivity index (χ3n) is 2.44. The summed E-state index contributed by atoms with van der Waals surface area (Å²) >= 11 is 0.991. The van der Waals surface area contributed by atoms with Gasteiger partial charge in [0.25, 0.3) is 10.0 Å². The first-order chi connectivity index (χ1) is 9.89. The molecule has 9 nitrogen and oxygen atoms in total. The molecular formula is C10H12N4O5S2. The molecule has 0 fully saturated rings. The molecule has 114 valence electrons. The average Bonchev–Trinajstić information content (AvgIpc) is 3.04. The van der Waals surface area contributed by atoms with Crippen molar-refractivity contribution in [1.82, 2.24) is 15.2 Å². The van der Waals surface area contributed by atoms with Crippen molar-refractivity contribution in [3.05, 3.63) is 15.8 Å². The molecule has 0 aromatic carbocycles. The lowest BCUT2D eigenvalue weighted by Crippen LogP contribution is -2.17. The van der Waals surface area contributed by atoms with Gasteiger partial charge in [-0.2, -0.15) is 4.98 Å². The highest BCUT2D eigenvalue weighted by Crippen LogP contribution is 2.28. The van der Waals surface area contributed by atoms with Gasteiger partial charge < -0.3 is 9.47 Å². The number of methoxy groups -OCH3 is 2. The Bertz CT molecular complexity index is 764. The normalized spacial score (nSPS) is 11.2. The summed E-state index contributed by atoms with van der Waals surface area (Å²) in [4.78, 5) is 15.2. The molecule has 21 heavy (non-hydrogen) atoms. The first kappa shape index (κ1) is 15.3. The van der Waals surface area contributed by atoms with Crippen molar-refractivity contribution >= 4 is 33.3 Å². The predicted octanol–water partition coefficient (Wildman–Crippen LogP) is 0.771. The van der Waals surface area contributed by atoms with Crippen LogP contribution in [0.15, 0.2) is 10.3 Å². The Morgan fingerprint density at radius 3 is 2.71 bits per heavy atom. The molecule has 0 aliphatic heterocycles. The van der Waals surface area contributed by atoms with Crippen LogP contribution in [-0.4, -0.2) is 43.8 Å². The fraction of sp³-hybridized carbons (Fsp3) is 0.300. The molecule has 0 saturated carbocycles. The number of rotatable bonds is 5. The van der Waals surface area contributed by atoms with Crippen LogP contribution in [-0.2, 0) is 14.8 Å². The van der Waals surface area contributed by atoms with E-state index in [0.29, 0.717) is 5.56 Å². The summed E-state index contributed by atoms with van der Waals surface area (Å²) in [5.74, 6) is -0.836.